The van der Waals surface area contributed by atoms with Crippen LogP contribution in [0.25, 0.3) is 0 Å². The van der Waals surface area contributed by atoms with Gasteiger partial charge in [0.15, 0.2) is 6.61 Å². The molecule has 1 atom stereocenters. The fourth-order valence-corrected chi connectivity index (χ4v) is 2.96. The van der Waals surface area contributed by atoms with Gasteiger partial charge in [0.05, 0.1) is 21.3 Å². The van der Waals surface area contributed by atoms with Crippen molar-refractivity contribution in [2.75, 3.05) is 34.5 Å². The Kier molecular flexibility index (Phi) is 8.99. The standard InChI is InChI=1S/C23H30N2O6/c1-6-24-23(27)16(2)25(14-17-8-7-9-18(10-17)28-3)22(26)15-31-21-12-19(29-4)11-20(13-21)30-5/h7-13,16H,6,14-15H2,1-5H3,(H,24,27)/t16-/m0/s1. The van der Waals surface area contributed by atoms with Crippen LogP contribution in [-0.2, 0) is 16.1 Å². The number of carbonyl (C=O) groups is 2. The van der Waals surface area contributed by atoms with Crippen LogP contribution in [0.1, 0.15) is 19.4 Å². The summed E-state index contributed by atoms with van der Waals surface area (Å²) in [5.41, 5.74) is 0.840. The van der Waals surface area contributed by atoms with E-state index in [-0.39, 0.29) is 25.0 Å². The highest BCUT2D eigenvalue weighted by molar-refractivity contribution is 5.87. The first-order valence-corrected chi connectivity index (χ1v) is 9.97. The van der Waals surface area contributed by atoms with E-state index in [4.69, 9.17) is 18.9 Å². The molecule has 0 saturated carbocycles. The molecular formula is C23H30N2O6. The number of likely N-dealkylation sites (N-methyl/N-ethyl adjacent to an activating group) is 1. The summed E-state index contributed by atoms with van der Waals surface area (Å²) >= 11 is 0. The number of nitrogens with zero attached hydrogens (tertiary/aromatic N) is 1. The maximum Gasteiger partial charge on any atom is 0.261 e. The van der Waals surface area contributed by atoms with Crippen molar-refractivity contribution in [2.45, 2.75) is 26.4 Å². The van der Waals surface area contributed by atoms with Gasteiger partial charge in [0.25, 0.3) is 5.91 Å². The molecule has 8 nitrogen and oxygen atoms in total. The van der Waals surface area contributed by atoms with E-state index in [0.29, 0.717) is 29.5 Å². The lowest BCUT2D eigenvalue weighted by molar-refractivity contribution is -0.142. The molecule has 1 N–H and O–H groups in total. The van der Waals surface area contributed by atoms with Gasteiger partial charge in [-0.2, -0.15) is 0 Å². The summed E-state index contributed by atoms with van der Waals surface area (Å²) in [4.78, 5) is 27.0. The topological polar surface area (TPSA) is 86.3 Å². The summed E-state index contributed by atoms with van der Waals surface area (Å²) < 4.78 is 21.4. The Hall–Kier alpha value is -3.42. The Morgan fingerprint density at radius 1 is 0.935 bits per heavy atom. The van der Waals surface area contributed by atoms with Crippen molar-refractivity contribution < 1.29 is 28.5 Å². The van der Waals surface area contributed by atoms with Crippen LogP contribution in [0.3, 0.4) is 0 Å². The van der Waals surface area contributed by atoms with E-state index < -0.39 is 6.04 Å². The number of methoxy groups -OCH3 is 3. The second-order valence-corrected chi connectivity index (χ2v) is 6.78. The van der Waals surface area contributed by atoms with Gasteiger partial charge in [-0.25, -0.2) is 0 Å². The third-order valence-electron chi connectivity index (χ3n) is 4.69. The first kappa shape index (κ1) is 23.9. The SMILES string of the molecule is CCNC(=O)[C@H](C)N(Cc1cccc(OC)c1)C(=O)COc1cc(OC)cc(OC)c1. The molecule has 31 heavy (non-hydrogen) atoms. The molecule has 0 aromatic heterocycles. The quantitative estimate of drug-likeness (QED) is 0.590. The third kappa shape index (κ3) is 6.80. The lowest BCUT2D eigenvalue weighted by atomic mass is 10.1. The predicted octanol–water partition coefficient (Wildman–Crippen LogP) is 2.64. The van der Waals surface area contributed by atoms with Crippen molar-refractivity contribution in [1.82, 2.24) is 10.2 Å². The highest BCUT2D eigenvalue weighted by Gasteiger charge is 2.26. The molecular weight excluding hydrogens is 400 g/mol. The van der Waals surface area contributed by atoms with Crippen molar-refractivity contribution in [3.63, 3.8) is 0 Å². The number of hydrogen-bond donors (Lipinski definition) is 1. The molecule has 0 spiro atoms. The highest BCUT2D eigenvalue weighted by atomic mass is 16.5. The van der Waals surface area contributed by atoms with Gasteiger partial charge in [-0.3, -0.25) is 9.59 Å². The van der Waals surface area contributed by atoms with E-state index in [1.165, 1.54) is 19.1 Å². The van der Waals surface area contributed by atoms with Crippen LogP contribution < -0.4 is 24.3 Å². The second kappa shape index (κ2) is 11.7. The Bertz CT molecular complexity index is 864. The van der Waals surface area contributed by atoms with E-state index in [9.17, 15) is 9.59 Å². The van der Waals surface area contributed by atoms with Crippen molar-refractivity contribution in [3.05, 3.63) is 48.0 Å². The lowest BCUT2D eigenvalue weighted by Gasteiger charge is -2.28. The molecule has 2 aromatic rings. The molecule has 0 fully saturated rings. The van der Waals surface area contributed by atoms with Gasteiger partial charge in [0.2, 0.25) is 5.91 Å². The Labute approximate surface area is 183 Å². The van der Waals surface area contributed by atoms with Gasteiger partial charge < -0.3 is 29.2 Å². The summed E-state index contributed by atoms with van der Waals surface area (Å²) in [5, 5.41) is 2.76. The predicted molar refractivity (Wildman–Crippen MR) is 117 cm³/mol. The molecule has 0 saturated heterocycles. The van der Waals surface area contributed by atoms with Crippen LogP contribution in [0.4, 0.5) is 0 Å². The molecule has 0 bridgehead atoms. The van der Waals surface area contributed by atoms with Gasteiger partial charge in [-0.1, -0.05) is 12.1 Å². The normalized spacial score (nSPS) is 11.3. The average molecular weight is 431 g/mol. The van der Waals surface area contributed by atoms with E-state index >= 15 is 0 Å². The first-order chi connectivity index (χ1) is 14.9. The van der Waals surface area contributed by atoms with Gasteiger partial charge in [-0.05, 0) is 31.5 Å². The minimum Gasteiger partial charge on any atom is -0.497 e. The minimum atomic E-state index is -0.679. The zero-order valence-electron chi connectivity index (χ0n) is 18.6. The Morgan fingerprint density at radius 2 is 1.55 bits per heavy atom. The zero-order chi connectivity index (χ0) is 22.8. The van der Waals surface area contributed by atoms with Crippen LogP contribution >= 0.6 is 0 Å². The number of hydrogen-bond acceptors (Lipinski definition) is 6. The van der Waals surface area contributed by atoms with Crippen LogP contribution in [-0.4, -0.2) is 57.2 Å². The number of carbonyl (C=O) groups excluding carboxylic acids is 2. The average Bonchev–Trinajstić information content (AvgIpc) is 2.80. The summed E-state index contributed by atoms with van der Waals surface area (Å²) in [6, 6.07) is 11.7. The summed E-state index contributed by atoms with van der Waals surface area (Å²) in [6.45, 7) is 3.99. The third-order valence-corrected chi connectivity index (χ3v) is 4.69. The number of nitrogens with one attached hydrogen (secondary N) is 1. The van der Waals surface area contributed by atoms with Crippen LogP contribution in [0.5, 0.6) is 23.0 Å². The van der Waals surface area contributed by atoms with Gasteiger partial charge in [-0.15, -0.1) is 0 Å². The number of amides is 2. The van der Waals surface area contributed by atoms with Crippen LogP contribution in [0, 0.1) is 0 Å². The molecule has 168 valence electrons. The van der Waals surface area contributed by atoms with Crippen molar-refractivity contribution in [1.29, 1.82) is 0 Å². The molecule has 2 aromatic carbocycles. The van der Waals surface area contributed by atoms with Crippen LogP contribution in [0.15, 0.2) is 42.5 Å². The van der Waals surface area contributed by atoms with E-state index in [0.717, 1.165) is 5.56 Å². The molecule has 2 rings (SSSR count). The minimum absolute atomic E-state index is 0.234. The van der Waals surface area contributed by atoms with Gasteiger partial charge >= 0.3 is 0 Å². The maximum absolute atomic E-state index is 13.1. The van der Waals surface area contributed by atoms with Crippen molar-refractivity contribution >= 4 is 11.8 Å². The number of benzene rings is 2. The Balaban J connectivity index is 2.20. The molecule has 0 aliphatic rings. The number of ether oxygens (including phenoxy) is 4. The molecule has 0 unspecified atom stereocenters. The molecule has 0 radical (unpaired) electrons. The smallest absolute Gasteiger partial charge is 0.261 e. The fraction of sp³-hybridized carbons (Fsp3) is 0.391. The summed E-state index contributed by atoms with van der Waals surface area (Å²) in [7, 11) is 4.65. The molecule has 0 aliphatic carbocycles. The van der Waals surface area contributed by atoms with Crippen molar-refractivity contribution in [3.8, 4) is 23.0 Å². The Morgan fingerprint density at radius 3 is 2.13 bits per heavy atom. The largest absolute Gasteiger partial charge is 0.497 e. The monoisotopic (exact) mass is 430 g/mol. The summed E-state index contributed by atoms with van der Waals surface area (Å²) in [5.74, 6) is 1.63. The van der Waals surface area contributed by atoms with Crippen molar-refractivity contribution in [2.24, 2.45) is 0 Å². The number of rotatable bonds is 11. The van der Waals surface area contributed by atoms with E-state index in [1.807, 2.05) is 31.2 Å². The molecule has 0 heterocycles. The zero-order valence-corrected chi connectivity index (χ0v) is 18.6. The molecule has 8 heteroatoms. The first-order valence-electron chi connectivity index (χ1n) is 9.97. The molecule has 0 aliphatic heterocycles. The maximum atomic E-state index is 13.1. The molecule has 2 amide bonds. The van der Waals surface area contributed by atoms with E-state index in [1.54, 1.807) is 32.2 Å². The van der Waals surface area contributed by atoms with Crippen LogP contribution in [0.2, 0.25) is 0 Å². The van der Waals surface area contributed by atoms with E-state index in [2.05, 4.69) is 5.32 Å². The highest BCUT2D eigenvalue weighted by Crippen LogP contribution is 2.27. The second-order valence-electron chi connectivity index (χ2n) is 6.78. The lowest BCUT2D eigenvalue weighted by Crippen LogP contribution is -2.49. The van der Waals surface area contributed by atoms with Gasteiger partial charge in [0, 0.05) is 31.3 Å². The van der Waals surface area contributed by atoms with Gasteiger partial charge in [0.1, 0.15) is 29.0 Å². The summed E-state index contributed by atoms with van der Waals surface area (Å²) in [6.07, 6.45) is 0. The fourth-order valence-electron chi connectivity index (χ4n) is 2.96.